The van der Waals surface area contributed by atoms with E-state index in [1.165, 1.54) is 9.13 Å². The third-order valence-corrected chi connectivity index (χ3v) is 10.0. The summed E-state index contributed by atoms with van der Waals surface area (Å²) in [6.45, 7) is 8.89. The first-order valence-electron chi connectivity index (χ1n) is 15.1. The van der Waals surface area contributed by atoms with Crippen LogP contribution < -0.4 is 0 Å². The van der Waals surface area contributed by atoms with Gasteiger partial charge in [-0.05, 0) is 35.3 Å². The Morgan fingerprint density at radius 2 is 0.614 bits per heavy atom. The molecule has 338 valence electrons. The number of hydrogen-bond donors (Lipinski definition) is 0. The van der Waals surface area contributed by atoms with Gasteiger partial charge < -0.3 is 68.8 Å². The van der Waals surface area contributed by atoms with Gasteiger partial charge in [0, 0.05) is 55.5 Å². The molecular formula is C28H30F18N4NiS6-4. The van der Waals surface area contributed by atoms with Gasteiger partial charge in [0.25, 0.3) is 0 Å². The minimum absolute atomic E-state index is 0. The predicted molar refractivity (Wildman–Crippen MR) is 179 cm³/mol. The van der Waals surface area contributed by atoms with E-state index in [9.17, 15) is 79.0 Å². The molecule has 0 aromatic carbocycles. The molecule has 2 aromatic heterocycles. The summed E-state index contributed by atoms with van der Waals surface area (Å²) in [5.74, 6) is -38.6. The summed E-state index contributed by atoms with van der Waals surface area (Å²) in [6, 6.07) is 0. The fourth-order valence-electron chi connectivity index (χ4n) is 4.36. The summed E-state index contributed by atoms with van der Waals surface area (Å²) in [5, 5.41) is -0.645. The van der Waals surface area contributed by atoms with E-state index in [0.717, 1.165) is 9.13 Å². The quantitative estimate of drug-likeness (QED) is 0.0907. The maximum Gasteiger partial charge on any atom is 0.460 e. The van der Waals surface area contributed by atoms with Gasteiger partial charge in [-0.2, -0.15) is 79.0 Å². The van der Waals surface area contributed by atoms with Crippen molar-refractivity contribution in [2.24, 2.45) is 10.8 Å². The third kappa shape index (κ3) is 11.7. The number of alkyl halides is 18. The van der Waals surface area contributed by atoms with Gasteiger partial charge in [-0.15, -0.1) is 20.1 Å². The summed E-state index contributed by atoms with van der Waals surface area (Å²) >= 11 is 29.9. The zero-order valence-electron chi connectivity index (χ0n) is 29.6. The largest absolute Gasteiger partial charge is 0.762 e. The Bertz CT molecular complexity index is 1680. The van der Waals surface area contributed by atoms with Crippen molar-refractivity contribution < 1.29 is 95.5 Å². The number of hydrogen-bond acceptors (Lipinski definition) is 6. The van der Waals surface area contributed by atoms with Crippen LogP contribution in [0, 0.1) is 20.4 Å². The number of nitrogens with zero attached hydrogens (tertiary/aromatic N) is 4. The van der Waals surface area contributed by atoms with Crippen molar-refractivity contribution in [1.29, 1.82) is 0 Å². The average Bonchev–Trinajstić information content (AvgIpc) is 3.29. The Balaban J connectivity index is 0.00000108. The Labute approximate surface area is 356 Å². The van der Waals surface area contributed by atoms with Gasteiger partial charge in [-0.25, -0.2) is 0 Å². The molecule has 0 unspecified atom stereocenters. The van der Waals surface area contributed by atoms with Crippen LogP contribution in [0.3, 0.4) is 0 Å². The number of aromatic nitrogens is 4. The Morgan fingerprint density at radius 3 is 0.807 bits per heavy atom. The number of halogens is 18. The van der Waals surface area contributed by atoms with Crippen LogP contribution in [0.2, 0.25) is 0 Å². The summed E-state index contributed by atoms with van der Waals surface area (Å²) < 4.78 is 237. The molecule has 0 atom stereocenters. The zero-order valence-corrected chi connectivity index (χ0v) is 35.5. The molecule has 0 bridgehead atoms. The number of rotatable bonds is 12. The van der Waals surface area contributed by atoms with Gasteiger partial charge in [0.1, 0.15) is 0 Å². The van der Waals surface area contributed by atoms with E-state index in [0.29, 0.717) is 0 Å². The van der Waals surface area contributed by atoms with Crippen molar-refractivity contribution in [2.45, 2.75) is 149 Å². The fraction of sp³-hybridized carbons (Fsp3) is 0.786. The molecule has 0 fully saturated rings. The topological polar surface area (TPSA) is 19.7 Å². The van der Waals surface area contributed by atoms with Crippen molar-refractivity contribution in [3.8, 4) is 0 Å². The van der Waals surface area contributed by atoms with Crippen molar-refractivity contribution in [3.63, 3.8) is 0 Å². The molecule has 29 heteroatoms. The Morgan fingerprint density at radius 1 is 0.404 bits per heavy atom. The van der Waals surface area contributed by atoms with Crippen molar-refractivity contribution in [2.75, 3.05) is 0 Å². The second-order valence-corrected chi connectivity index (χ2v) is 16.9. The maximum absolute atomic E-state index is 13.7. The van der Waals surface area contributed by atoms with Crippen LogP contribution in [0.4, 0.5) is 79.0 Å². The molecule has 2 heterocycles. The second-order valence-electron chi connectivity index (χ2n) is 14.6. The first-order valence-corrected chi connectivity index (χ1v) is 17.5. The van der Waals surface area contributed by atoms with Gasteiger partial charge in [0.05, 0.1) is 0 Å². The third-order valence-electron chi connectivity index (χ3n) is 7.25. The molecule has 0 aliphatic rings. The van der Waals surface area contributed by atoms with Crippen molar-refractivity contribution in [3.05, 3.63) is 9.54 Å². The maximum atomic E-state index is 13.7. The molecule has 0 saturated carbocycles. The van der Waals surface area contributed by atoms with E-state index in [1.807, 2.05) is 0 Å². The van der Waals surface area contributed by atoms with E-state index in [4.69, 9.17) is 75.0 Å². The average molecular weight is 1020 g/mol. The summed E-state index contributed by atoms with van der Waals surface area (Å²) in [6.07, 6.45) is -17.8. The minimum Gasteiger partial charge on any atom is -0.762 e. The molecule has 57 heavy (non-hydrogen) atoms. The van der Waals surface area contributed by atoms with Gasteiger partial charge >= 0.3 is 47.9 Å². The minimum atomic E-state index is -6.93. The first-order chi connectivity index (χ1) is 24.3. The van der Waals surface area contributed by atoms with Crippen molar-refractivity contribution >= 4 is 75.0 Å². The molecule has 0 N–H and O–H groups in total. The molecule has 0 aliphatic carbocycles. The monoisotopic (exact) mass is 1010 g/mol. The van der Waals surface area contributed by atoms with Crippen LogP contribution in [-0.2, 0) is 93.2 Å². The van der Waals surface area contributed by atoms with Crippen LogP contribution in [-0.4, -0.2) is 66.2 Å². The van der Waals surface area contributed by atoms with Crippen LogP contribution in [0.25, 0.3) is 0 Å². The SMILES string of the molecule is CC(C)(C)Cn1c([S-])c([S-])n(CCC(F)(F)C(F)(F)C(F)(F)C(F)(F)F)c1=S.CC(C)(C)Cn1c([S-])c([S-])n(CCC(F)(F)C(F)(F)C(F)(F)C(F)(F)F)c1=S.[Ni]. The van der Waals surface area contributed by atoms with Crippen LogP contribution >= 0.6 is 24.4 Å². The molecule has 0 spiro atoms. The van der Waals surface area contributed by atoms with E-state index < -0.39 is 73.8 Å². The fourth-order valence-corrected chi connectivity index (χ4v) is 6.36. The van der Waals surface area contributed by atoms with Gasteiger partial charge in [0.2, 0.25) is 0 Å². The molecule has 0 amide bonds. The van der Waals surface area contributed by atoms with E-state index in [-0.39, 0.29) is 70.1 Å². The Kier molecular flexibility index (Phi) is 17.4. The van der Waals surface area contributed by atoms with Crippen LogP contribution in [0.5, 0.6) is 0 Å². The molecular weight excluding hydrogens is 985 g/mol. The molecule has 2 rings (SSSR count). The van der Waals surface area contributed by atoms with E-state index in [2.05, 4.69) is 0 Å². The normalized spacial score (nSPS) is 14.3. The van der Waals surface area contributed by atoms with Gasteiger partial charge in [0.15, 0.2) is 9.54 Å². The molecule has 0 aliphatic heterocycles. The molecule has 0 saturated heterocycles. The van der Waals surface area contributed by atoms with Crippen LogP contribution in [0.1, 0.15) is 54.4 Å². The van der Waals surface area contributed by atoms with Crippen molar-refractivity contribution in [1.82, 2.24) is 18.3 Å². The zero-order chi connectivity index (χ0) is 45.0. The van der Waals surface area contributed by atoms with E-state index >= 15 is 0 Å². The molecule has 0 radical (unpaired) electrons. The molecule has 4 nitrogen and oxygen atoms in total. The standard InChI is InChI=1S/2C14H17F9N2S3.Ni/c2*1-10(2,3)6-25-8(27)7(26)24(9(25)28)5-4-11(15,16)12(17,18)13(19,20)14(21,22)23;/h2*26-27H,4-6H2,1-3H3;/p-4. The summed E-state index contributed by atoms with van der Waals surface area (Å²) in [5.41, 5.74) is -0.767. The smallest absolute Gasteiger partial charge is 0.460 e. The Hall–Kier alpha value is -1.03. The second kappa shape index (κ2) is 17.8. The van der Waals surface area contributed by atoms with Crippen LogP contribution in [0.15, 0.2) is 20.1 Å². The predicted octanol–water partition coefficient (Wildman–Crippen LogP) is 11.5. The van der Waals surface area contributed by atoms with Gasteiger partial charge in [-0.3, -0.25) is 0 Å². The van der Waals surface area contributed by atoms with Gasteiger partial charge in [-0.1, -0.05) is 41.5 Å². The number of imidazole rings is 2. The summed E-state index contributed by atoms with van der Waals surface area (Å²) in [7, 11) is 0. The summed E-state index contributed by atoms with van der Waals surface area (Å²) in [4.78, 5) is 0. The molecule has 2 aromatic rings. The first kappa shape index (κ1) is 56.0. The van der Waals surface area contributed by atoms with E-state index in [1.54, 1.807) is 41.5 Å².